The molecule has 1 N–H and O–H groups in total. The van der Waals surface area contributed by atoms with E-state index in [1.54, 1.807) is 0 Å². The van der Waals surface area contributed by atoms with Gasteiger partial charge in [-0.15, -0.1) is 0 Å². The zero-order chi connectivity index (χ0) is 21.6. The molecule has 3 rings (SSSR count). The average molecular weight is 420 g/mol. The molecule has 1 aromatic heterocycles. The number of aryl methyl sites for hydroxylation is 1. The number of benzene rings is 2. The number of aromatic nitrogens is 1. The van der Waals surface area contributed by atoms with Gasteiger partial charge in [-0.1, -0.05) is 140 Å². The van der Waals surface area contributed by atoms with E-state index in [0.29, 0.717) is 0 Å². The van der Waals surface area contributed by atoms with Gasteiger partial charge in [0, 0.05) is 21.8 Å². The number of aromatic amines is 1. The van der Waals surface area contributed by atoms with Crippen molar-refractivity contribution in [3.63, 3.8) is 0 Å². The van der Waals surface area contributed by atoms with Gasteiger partial charge in [0.25, 0.3) is 0 Å². The molecule has 3 aromatic rings. The Morgan fingerprint density at radius 2 is 1.03 bits per heavy atom. The molecule has 0 bridgehead atoms. The van der Waals surface area contributed by atoms with Crippen molar-refractivity contribution < 1.29 is 0 Å². The molecule has 0 radical (unpaired) electrons. The minimum atomic E-state index is 1.20. The fourth-order valence-corrected chi connectivity index (χ4v) is 5.01. The summed E-state index contributed by atoms with van der Waals surface area (Å²) in [6.45, 7) is 2.30. The Morgan fingerprint density at radius 3 is 1.65 bits per heavy atom. The van der Waals surface area contributed by atoms with Crippen LogP contribution in [0.15, 0.2) is 42.5 Å². The van der Waals surface area contributed by atoms with Gasteiger partial charge in [-0.3, -0.25) is 0 Å². The van der Waals surface area contributed by atoms with Crippen molar-refractivity contribution >= 4 is 21.8 Å². The number of unbranched alkanes of at least 4 members (excludes halogenated alkanes) is 15. The lowest BCUT2D eigenvalue weighted by Crippen LogP contribution is -1.88. The standard InChI is InChI=1S/C30H45N/c1-2-3-4-5-6-7-8-9-10-11-12-13-14-15-16-17-21-26-22-20-24-28-27-23-18-19-25-29(27)31-30(26)28/h18-20,22-25,31H,2-17,21H2,1H3. The fourth-order valence-electron chi connectivity index (χ4n) is 5.01. The second kappa shape index (κ2) is 14.3. The third-order valence-corrected chi connectivity index (χ3v) is 6.93. The maximum atomic E-state index is 3.65. The van der Waals surface area contributed by atoms with Gasteiger partial charge in [0.15, 0.2) is 0 Å². The molecule has 1 heterocycles. The molecule has 0 saturated heterocycles. The highest BCUT2D eigenvalue weighted by atomic mass is 14.7. The van der Waals surface area contributed by atoms with Crippen LogP contribution in [-0.2, 0) is 6.42 Å². The summed E-state index contributed by atoms with van der Waals surface area (Å²) in [5.74, 6) is 0. The Kier molecular flexibility index (Phi) is 11.0. The van der Waals surface area contributed by atoms with Crippen molar-refractivity contribution in [3.05, 3.63) is 48.0 Å². The Labute approximate surface area is 191 Å². The topological polar surface area (TPSA) is 15.8 Å². The third-order valence-electron chi connectivity index (χ3n) is 6.93. The van der Waals surface area contributed by atoms with Crippen molar-refractivity contribution in [2.75, 3.05) is 0 Å². The van der Waals surface area contributed by atoms with E-state index in [1.807, 2.05) is 0 Å². The van der Waals surface area contributed by atoms with Gasteiger partial charge in [0.1, 0.15) is 0 Å². The predicted octanol–water partition coefficient (Wildman–Crippen LogP) is 10.1. The van der Waals surface area contributed by atoms with Gasteiger partial charge >= 0.3 is 0 Å². The van der Waals surface area contributed by atoms with E-state index in [2.05, 4.69) is 54.4 Å². The Hall–Kier alpha value is -1.76. The maximum absolute atomic E-state index is 3.65. The highest BCUT2D eigenvalue weighted by Crippen LogP contribution is 2.28. The summed E-state index contributed by atoms with van der Waals surface area (Å²) in [6.07, 6.45) is 24.1. The molecule has 0 aliphatic carbocycles. The van der Waals surface area contributed by atoms with Gasteiger partial charge < -0.3 is 4.98 Å². The van der Waals surface area contributed by atoms with Gasteiger partial charge in [-0.05, 0) is 24.5 Å². The smallest absolute Gasteiger partial charge is 0.0497 e. The molecule has 0 fully saturated rings. The maximum Gasteiger partial charge on any atom is 0.0497 e. The summed E-state index contributed by atoms with van der Waals surface area (Å²) in [6, 6.07) is 15.5. The lowest BCUT2D eigenvalue weighted by molar-refractivity contribution is 0.529. The van der Waals surface area contributed by atoms with Crippen LogP contribution in [0.25, 0.3) is 21.8 Å². The first-order valence-corrected chi connectivity index (χ1v) is 13.4. The van der Waals surface area contributed by atoms with E-state index in [9.17, 15) is 0 Å². The van der Waals surface area contributed by atoms with Crippen LogP contribution in [-0.4, -0.2) is 4.98 Å². The largest absolute Gasteiger partial charge is 0.354 e. The molecular weight excluding hydrogens is 374 g/mol. The van der Waals surface area contributed by atoms with E-state index < -0.39 is 0 Å². The highest BCUT2D eigenvalue weighted by molar-refractivity contribution is 6.08. The van der Waals surface area contributed by atoms with Gasteiger partial charge in [0.05, 0.1) is 0 Å². The number of nitrogens with one attached hydrogen (secondary N) is 1. The van der Waals surface area contributed by atoms with Crippen molar-refractivity contribution in [3.8, 4) is 0 Å². The van der Waals surface area contributed by atoms with Crippen molar-refractivity contribution in [1.82, 2.24) is 4.98 Å². The molecule has 0 aliphatic rings. The number of fused-ring (bicyclic) bond motifs is 3. The Bertz CT molecular complexity index is 859. The van der Waals surface area contributed by atoms with Crippen LogP contribution >= 0.6 is 0 Å². The number of hydrogen-bond acceptors (Lipinski definition) is 0. The van der Waals surface area contributed by atoms with E-state index in [4.69, 9.17) is 0 Å². The monoisotopic (exact) mass is 419 g/mol. The minimum Gasteiger partial charge on any atom is -0.354 e. The molecule has 0 aliphatic heterocycles. The number of rotatable bonds is 17. The summed E-state index contributed by atoms with van der Waals surface area (Å²) >= 11 is 0. The van der Waals surface area contributed by atoms with E-state index in [-0.39, 0.29) is 0 Å². The molecule has 1 nitrogen and oxygen atoms in total. The summed E-state index contributed by atoms with van der Waals surface area (Å²) < 4.78 is 0. The zero-order valence-electron chi connectivity index (χ0n) is 20.1. The normalized spacial score (nSPS) is 11.6. The fraction of sp³-hybridized carbons (Fsp3) is 0.600. The summed E-state index contributed by atoms with van der Waals surface area (Å²) in [5.41, 5.74) is 4.10. The van der Waals surface area contributed by atoms with Gasteiger partial charge in [0.2, 0.25) is 0 Å². The molecule has 0 spiro atoms. The van der Waals surface area contributed by atoms with Crippen LogP contribution in [0.4, 0.5) is 0 Å². The lowest BCUT2D eigenvalue weighted by atomic mass is 10.0. The number of H-pyrrole nitrogens is 1. The summed E-state index contributed by atoms with van der Waals surface area (Å²) in [5, 5.41) is 2.73. The van der Waals surface area contributed by atoms with E-state index in [1.165, 1.54) is 137 Å². The van der Waals surface area contributed by atoms with Crippen molar-refractivity contribution in [2.45, 2.75) is 116 Å². The lowest BCUT2D eigenvalue weighted by Gasteiger charge is -2.05. The summed E-state index contributed by atoms with van der Waals surface area (Å²) in [7, 11) is 0. The SMILES string of the molecule is CCCCCCCCCCCCCCCCCCc1cccc2c1[nH]c1ccccc12. The number of para-hydroxylation sites is 2. The second-order valence-electron chi connectivity index (χ2n) is 9.56. The average Bonchev–Trinajstić information content (AvgIpc) is 3.18. The van der Waals surface area contributed by atoms with Crippen molar-refractivity contribution in [1.29, 1.82) is 0 Å². The zero-order valence-corrected chi connectivity index (χ0v) is 20.1. The van der Waals surface area contributed by atoms with Crippen molar-refractivity contribution in [2.24, 2.45) is 0 Å². The first-order valence-electron chi connectivity index (χ1n) is 13.4. The molecule has 0 unspecified atom stereocenters. The molecule has 0 amide bonds. The molecular formula is C30H45N. The van der Waals surface area contributed by atoms with Crippen LogP contribution < -0.4 is 0 Å². The minimum absolute atomic E-state index is 1.20. The van der Waals surface area contributed by atoms with Gasteiger partial charge in [-0.25, -0.2) is 0 Å². The predicted molar refractivity (Wildman–Crippen MR) is 139 cm³/mol. The van der Waals surface area contributed by atoms with Crippen LogP contribution in [0.5, 0.6) is 0 Å². The first kappa shape index (κ1) is 23.9. The molecule has 2 aromatic carbocycles. The quantitative estimate of drug-likeness (QED) is 0.209. The van der Waals surface area contributed by atoms with Crippen LogP contribution in [0.1, 0.15) is 115 Å². The van der Waals surface area contributed by atoms with Crippen LogP contribution in [0.2, 0.25) is 0 Å². The van der Waals surface area contributed by atoms with E-state index >= 15 is 0 Å². The van der Waals surface area contributed by atoms with Gasteiger partial charge in [-0.2, -0.15) is 0 Å². The molecule has 1 heteroatoms. The number of hydrogen-bond donors (Lipinski definition) is 1. The van der Waals surface area contributed by atoms with Crippen LogP contribution in [0.3, 0.4) is 0 Å². The Morgan fingerprint density at radius 1 is 0.516 bits per heavy atom. The molecule has 0 saturated carbocycles. The first-order chi connectivity index (χ1) is 15.4. The molecule has 170 valence electrons. The molecule has 0 atom stereocenters. The highest BCUT2D eigenvalue weighted by Gasteiger charge is 2.07. The Balaban J connectivity index is 1.19. The third kappa shape index (κ3) is 8.02. The molecule has 31 heavy (non-hydrogen) atoms. The van der Waals surface area contributed by atoms with Crippen LogP contribution in [0, 0.1) is 0 Å². The van der Waals surface area contributed by atoms with E-state index in [0.717, 1.165) is 0 Å². The second-order valence-corrected chi connectivity index (χ2v) is 9.56. The summed E-state index contributed by atoms with van der Waals surface area (Å²) in [4.78, 5) is 3.65.